The van der Waals surface area contributed by atoms with Crippen LogP contribution in [0.2, 0.25) is 5.02 Å². The second-order valence-corrected chi connectivity index (χ2v) is 4.55. The number of hydrogen-bond donors (Lipinski definition) is 1. The summed E-state index contributed by atoms with van der Waals surface area (Å²) >= 11 is 5.75. The molecule has 0 fully saturated rings. The first-order chi connectivity index (χ1) is 9.65. The Hall–Kier alpha value is -2.07. The fourth-order valence-corrected chi connectivity index (χ4v) is 1.69. The maximum absolute atomic E-state index is 13.3. The average molecular weight is 294 g/mol. The zero-order valence-corrected chi connectivity index (χ0v) is 11.4. The van der Waals surface area contributed by atoms with Crippen molar-refractivity contribution >= 4 is 23.3 Å². The normalized spacial score (nSPS) is 10.1. The number of carbonyl (C=O) groups is 1. The van der Waals surface area contributed by atoms with Crippen LogP contribution in [0.5, 0.6) is 0 Å². The van der Waals surface area contributed by atoms with Crippen molar-refractivity contribution in [1.82, 2.24) is 0 Å². The summed E-state index contributed by atoms with van der Waals surface area (Å²) in [6.45, 7) is -0.0656. The predicted molar refractivity (Wildman–Crippen MR) is 76.1 cm³/mol. The van der Waals surface area contributed by atoms with Gasteiger partial charge in [-0.15, -0.1) is 0 Å². The third-order valence-corrected chi connectivity index (χ3v) is 2.88. The van der Waals surface area contributed by atoms with Crippen molar-refractivity contribution in [1.29, 1.82) is 0 Å². The molecule has 0 aliphatic heterocycles. The molecule has 0 aromatic heterocycles. The molecule has 2 aromatic rings. The number of benzene rings is 2. The standard InChI is InChI=1S/C15H13ClFNO2/c16-12-5-7-13(8-6-12)18-9-15(19)20-10-11-3-1-2-4-14(11)17/h1-8,18H,9-10H2. The molecule has 0 radical (unpaired) electrons. The van der Waals surface area contributed by atoms with Gasteiger partial charge in [-0.1, -0.05) is 29.8 Å². The molecule has 0 aliphatic carbocycles. The van der Waals surface area contributed by atoms with Gasteiger partial charge in [0.15, 0.2) is 0 Å². The van der Waals surface area contributed by atoms with Gasteiger partial charge in [-0.2, -0.15) is 0 Å². The molecule has 0 heterocycles. The molecule has 20 heavy (non-hydrogen) atoms. The van der Waals surface area contributed by atoms with Gasteiger partial charge in [-0.05, 0) is 30.3 Å². The minimum Gasteiger partial charge on any atom is -0.459 e. The van der Waals surface area contributed by atoms with E-state index >= 15 is 0 Å². The molecule has 0 aliphatic rings. The zero-order valence-electron chi connectivity index (χ0n) is 10.6. The number of carbonyl (C=O) groups excluding carboxylic acids is 1. The quantitative estimate of drug-likeness (QED) is 0.856. The van der Waals surface area contributed by atoms with E-state index in [9.17, 15) is 9.18 Å². The first-order valence-corrected chi connectivity index (χ1v) is 6.41. The molecule has 104 valence electrons. The van der Waals surface area contributed by atoms with Crippen LogP contribution < -0.4 is 5.32 Å². The molecule has 2 aromatic carbocycles. The fraction of sp³-hybridized carbons (Fsp3) is 0.133. The van der Waals surface area contributed by atoms with Gasteiger partial charge in [0.05, 0.1) is 0 Å². The molecule has 2 rings (SSSR count). The SMILES string of the molecule is O=C(CNc1ccc(Cl)cc1)OCc1ccccc1F. The number of anilines is 1. The van der Waals surface area contributed by atoms with E-state index in [-0.39, 0.29) is 19.0 Å². The Labute approximate surface area is 121 Å². The van der Waals surface area contributed by atoms with Crippen LogP contribution in [0.15, 0.2) is 48.5 Å². The second-order valence-electron chi connectivity index (χ2n) is 4.11. The van der Waals surface area contributed by atoms with Crippen molar-refractivity contribution in [2.24, 2.45) is 0 Å². The molecule has 0 saturated carbocycles. The van der Waals surface area contributed by atoms with E-state index in [2.05, 4.69) is 5.32 Å². The lowest BCUT2D eigenvalue weighted by Crippen LogP contribution is -2.17. The molecule has 1 N–H and O–H groups in total. The van der Waals surface area contributed by atoms with E-state index in [1.54, 1.807) is 42.5 Å². The van der Waals surface area contributed by atoms with E-state index in [1.807, 2.05) is 0 Å². The number of nitrogens with one attached hydrogen (secondary N) is 1. The maximum Gasteiger partial charge on any atom is 0.325 e. The Morgan fingerprint density at radius 3 is 2.55 bits per heavy atom. The predicted octanol–water partition coefficient (Wildman–Crippen LogP) is 3.63. The lowest BCUT2D eigenvalue weighted by Gasteiger charge is -2.08. The highest BCUT2D eigenvalue weighted by Gasteiger charge is 2.06. The molecule has 3 nitrogen and oxygen atoms in total. The van der Waals surface area contributed by atoms with Crippen LogP contribution in [-0.2, 0) is 16.1 Å². The van der Waals surface area contributed by atoms with Crippen LogP contribution in [-0.4, -0.2) is 12.5 Å². The van der Waals surface area contributed by atoms with Crippen LogP contribution in [0.1, 0.15) is 5.56 Å². The second kappa shape index (κ2) is 6.91. The van der Waals surface area contributed by atoms with E-state index in [1.165, 1.54) is 6.07 Å². The lowest BCUT2D eigenvalue weighted by molar-refractivity contribution is -0.142. The van der Waals surface area contributed by atoms with Gasteiger partial charge in [-0.25, -0.2) is 4.39 Å². The molecule has 0 amide bonds. The highest BCUT2D eigenvalue weighted by Crippen LogP contribution is 2.13. The van der Waals surface area contributed by atoms with Gasteiger partial charge in [0, 0.05) is 16.3 Å². The smallest absolute Gasteiger partial charge is 0.325 e. The zero-order chi connectivity index (χ0) is 14.4. The van der Waals surface area contributed by atoms with E-state index < -0.39 is 5.97 Å². The molecule has 0 spiro atoms. The van der Waals surface area contributed by atoms with Crippen LogP contribution in [0.3, 0.4) is 0 Å². The summed E-state index contributed by atoms with van der Waals surface area (Å²) in [4.78, 5) is 11.5. The topological polar surface area (TPSA) is 38.3 Å². The maximum atomic E-state index is 13.3. The minimum atomic E-state index is -0.455. The van der Waals surface area contributed by atoms with E-state index in [0.29, 0.717) is 10.6 Å². The summed E-state index contributed by atoms with van der Waals surface area (Å²) in [6, 6.07) is 13.1. The van der Waals surface area contributed by atoms with Crippen LogP contribution in [0.4, 0.5) is 10.1 Å². The first kappa shape index (κ1) is 14.3. The Bertz CT molecular complexity index is 587. The van der Waals surface area contributed by atoms with Gasteiger partial charge in [-0.3, -0.25) is 4.79 Å². The highest BCUT2D eigenvalue weighted by atomic mass is 35.5. The fourth-order valence-electron chi connectivity index (χ4n) is 1.57. The summed E-state index contributed by atoms with van der Waals surface area (Å²) in [7, 11) is 0. The third-order valence-electron chi connectivity index (χ3n) is 2.63. The Kier molecular flexibility index (Phi) is 4.96. The number of esters is 1. The highest BCUT2D eigenvalue weighted by molar-refractivity contribution is 6.30. The number of hydrogen-bond acceptors (Lipinski definition) is 3. The Morgan fingerprint density at radius 1 is 1.15 bits per heavy atom. The summed E-state index contributed by atoms with van der Waals surface area (Å²) in [5, 5.41) is 3.52. The average Bonchev–Trinajstić information content (AvgIpc) is 2.46. The summed E-state index contributed by atoms with van der Waals surface area (Å²) in [6.07, 6.45) is 0. The number of rotatable bonds is 5. The molecule has 5 heteroatoms. The Balaban J connectivity index is 1.78. The summed E-state index contributed by atoms with van der Waals surface area (Å²) in [5.74, 6) is -0.839. The number of halogens is 2. The summed E-state index contributed by atoms with van der Waals surface area (Å²) in [5.41, 5.74) is 1.12. The van der Waals surface area contributed by atoms with Crippen LogP contribution in [0.25, 0.3) is 0 Å². The van der Waals surface area contributed by atoms with Crippen molar-refractivity contribution < 1.29 is 13.9 Å². The van der Waals surface area contributed by atoms with Gasteiger partial charge in [0.25, 0.3) is 0 Å². The van der Waals surface area contributed by atoms with Crippen LogP contribution in [0, 0.1) is 5.82 Å². The van der Waals surface area contributed by atoms with Crippen molar-refractivity contribution in [2.75, 3.05) is 11.9 Å². The molecular formula is C15H13ClFNO2. The van der Waals surface area contributed by atoms with Crippen LogP contribution >= 0.6 is 11.6 Å². The van der Waals surface area contributed by atoms with E-state index in [0.717, 1.165) is 5.69 Å². The van der Waals surface area contributed by atoms with Crippen molar-refractivity contribution in [3.05, 3.63) is 64.9 Å². The minimum absolute atomic E-state index is 0.0100. The molecular weight excluding hydrogens is 281 g/mol. The van der Waals surface area contributed by atoms with Gasteiger partial charge in [0.2, 0.25) is 0 Å². The molecule has 0 unspecified atom stereocenters. The summed E-state index contributed by atoms with van der Waals surface area (Å²) < 4.78 is 18.3. The van der Waals surface area contributed by atoms with Crippen molar-refractivity contribution in [2.45, 2.75) is 6.61 Å². The third kappa shape index (κ3) is 4.24. The van der Waals surface area contributed by atoms with Gasteiger partial charge in [0.1, 0.15) is 19.0 Å². The number of ether oxygens (including phenoxy) is 1. The van der Waals surface area contributed by atoms with Gasteiger partial charge < -0.3 is 10.1 Å². The molecule has 0 atom stereocenters. The molecule has 0 saturated heterocycles. The monoisotopic (exact) mass is 293 g/mol. The largest absolute Gasteiger partial charge is 0.459 e. The Morgan fingerprint density at radius 2 is 1.85 bits per heavy atom. The van der Waals surface area contributed by atoms with Gasteiger partial charge >= 0.3 is 5.97 Å². The van der Waals surface area contributed by atoms with Crippen molar-refractivity contribution in [3.63, 3.8) is 0 Å². The van der Waals surface area contributed by atoms with E-state index in [4.69, 9.17) is 16.3 Å². The lowest BCUT2D eigenvalue weighted by atomic mass is 10.2. The first-order valence-electron chi connectivity index (χ1n) is 6.03. The van der Waals surface area contributed by atoms with Crippen molar-refractivity contribution in [3.8, 4) is 0 Å². The molecule has 0 bridgehead atoms.